The van der Waals surface area contributed by atoms with Crippen LogP contribution in [0.15, 0.2) is 152 Å². The smallest absolute Gasteiger partial charge is 0.248 e. The summed E-state index contributed by atoms with van der Waals surface area (Å²) in [6.07, 6.45) is 0. The van der Waals surface area contributed by atoms with Crippen LogP contribution in [0.1, 0.15) is 26.3 Å². The second-order valence-corrected chi connectivity index (χ2v) is 12.2. The highest BCUT2D eigenvalue weighted by molar-refractivity contribution is 6.99. The molecule has 1 aliphatic heterocycles. The van der Waals surface area contributed by atoms with E-state index in [-0.39, 0.29) is 12.1 Å². The van der Waals surface area contributed by atoms with E-state index < -0.39 is 0 Å². The van der Waals surface area contributed by atoms with Gasteiger partial charge in [-0.15, -0.1) is 0 Å². The van der Waals surface area contributed by atoms with Crippen LogP contribution in [0.2, 0.25) is 0 Å². The predicted octanol–water partition coefficient (Wildman–Crippen LogP) is 8.62. The molecule has 1 nitrogen and oxygen atoms in total. The molecule has 0 saturated carbocycles. The lowest BCUT2D eigenvalue weighted by atomic mass is 9.33. The van der Waals surface area contributed by atoms with Crippen LogP contribution < -0.4 is 21.3 Å². The Kier molecular flexibility index (Phi) is 6.55. The van der Waals surface area contributed by atoms with Crippen molar-refractivity contribution in [3.63, 3.8) is 0 Å². The highest BCUT2D eigenvalue weighted by Gasteiger charge is 2.38. The van der Waals surface area contributed by atoms with Gasteiger partial charge in [0.15, 0.2) is 0 Å². The van der Waals surface area contributed by atoms with E-state index in [0.29, 0.717) is 0 Å². The zero-order chi connectivity index (χ0) is 28.7. The largest absolute Gasteiger partial charge is 0.312 e. The predicted molar refractivity (Wildman–Crippen MR) is 182 cm³/mol. The summed E-state index contributed by atoms with van der Waals surface area (Å²) in [5.74, 6) is 0. The van der Waals surface area contributed by atoms with Gasteiger partial charge in [-0.05, 0) is 68.4 Å². The van der Waals surface area contributed by atoms with Gasteiger partial charge in [-0.1, -0.05) is 154 Å². The van der Waals surface area contributed by atoms with E-state index in [1.54, 1.807) is 0 Å². The Balaban J connectivity index is 1.60. The van der Waals surface area contributed by atoms with Gasteiger partial charge in [-0.2, -0.15) is 0 Å². The molecule has 0 radical (unpaired) electrons. The third-order valence-electron chi connectivity index (χ3n) is 8.51. The van der Waals surface area contributed by atoms with Crippen LogP contribution in [0, 0.1) is 0 Å². The second kappa shape index (κ2) is 10.5. The van der Waals surface area contributed by atoms with E-state index in [1.165, 1.54) is 61.3 Å². The van der Waals surface area contributed by atoms with E-state index in [4.69, 9.17) is 0 Å². The lowest BCUT2D eigenvalue weighted by Crippen LogP contribution is -2.58. The van der Waals surface area contributed by atoms with Crippen LogP contribution in [0.4, 0.5) is 17.1 Å². The van der Waals surface area contributed by atoms with E-state index in [2.05, 4.69) is 177 Å². The summed E-state index contributed by atoms with van der Waals surface area (Å²) in [5.41, 5.74) is 14.0. The molecular formula is C40H34BN. The molecule has 0 unspecified atom stereocenters. The Morgan fingerprint density at radius 2 is 1.00 bits per heavy atom. The molecule has 0 fully saturated rings. The molecule has 202 valence electrons. The number of hydrogen-bond acceptors (Lipinski definition) is 1. The molecule has 6 aromatic carbocycles. The maximum Gasteiger partial charge on any atom is 0.248 e. The van der Waals surface area contributed by atoms with Crippen molar-refractivity contribution in [2.45, 2.75) is 26.2 Å². The molecule has 6 aromatic rings. The molecule has 0 saturated heterocycles. The van der Waals surface area contributed by atoms with Gasteiger partial charge in [0.1, 0.15) is 0 Å². The lowest BCUT2D eigenvalue weighted by molar-refractivity contribution is 0.591. The summed E-state index contributed by atoms with van der Waals surface area (Å²) >= 11 is 0. The number of hydrogen-bond donors (Lipinski definition) is 0. The molecule has 1 heterocycles. The van der Waals surface area contributed by atoms with Gasteiger partial charge in [-0.3, -0.25) is 0 Å². The Morgan fingerprint density at radius 1 is 0.476 bits per heavy atom. The molecule has 2 heteroatoms. The third kappa shape index (κ3) is 4.54. The normalized spacial score (nSPS) is 12.5. The lowest BCUT2D eigenvalue weighted by Gasteiger charge is -2.39. The highest BCUT2D eigenvalue weighted by atomic mass is 15.1. The van der Waals surface area contributed by atoms with Gasteiger partial charge >= 0.3 is 0 Å². The first kappa shape index (κ1) is 26.1. The van der Waals surface area contributed by atoms with Gasteiger partial charge in [-0.25, -0.2) is 0 Å². The monoisotopic (exact) mass is 539 g/mol. The van der Waals surface area contributed by atoms with Crippen molar-refractivity contribution in [1.82, 2.24) is 0 Å². The number of rotatable bonds is 4. The van der Waals surface area contributed by atoms with Crippen LogP contribution in [0.5, 0.6) is 0 Å². The quantitative estimate of drug-likeness (QED) is 0.203. The van der Waals surface area contributed by atoms with Gasteiger partial charge in [0.05, 0.1) is 0 Å². The molecular weight excluding hydrogens is 505 g/mol. The fraction of sp³-hybridized carbons (Fsp3) is 0.100. The maximum absolute atomic E-state index is 2.47. The maximum atomic E-state index is 2.47. The van der Waals surface area contributed by atoms with Gasteiger partial charge in [0.2, 0.25) is 6.71 Å². The number of para-hydroxylation sites is 2. The van der Waals surface area contributed by atoms with Crippen molar-refractivity contribution in [2.75, 3.05) is 4.90 Å². The van der Waals surface area contributed by atoms with Crippen LogP contribution in [-0.2, 0) is 5.41 Å². The molecule has 1 aliphatic rings. The standard InChI is InChI=1S/C40H34BN/c1-40(2,3)31-26-27-38-36(28-31)41(35-24-13-14-25-37(35)42(38)32-20-11-6-12-21-32)39-33(29-16-7-4-8-17-29)22-15-23-34(39)30-18-9-5-10-19-30/h4-28H,1-3H3. The van der Waals surface area contributed by atoms with Crippen molar-refractivity contribution in [2.24, 2.45) is 0 Å². The first-order valence-electron chi connectivity index (χ1n) is 14.8. The molecule has 0 aliphatic carbocycles. The minimum Gasteiger partial charge on any atom is -0.312 e. The zero-order valence-corrected chi connectivity index (χ0v) is 24.5. The summed E-state index contributed by atoms with van der Waals surface area (Å²) in [7, 11) is 0. The number of fused-ring (bicyclic) bond motifs is 2. The van der Waals surface area contributed by atoms with Gasteiger partial charge in [0.25, 0.3) is 0 Å². The van der Waals surface area contributed by atoms with Crippen molar-refractivity contribution < 1.29 is 0 Å². The number of nitrogens with zero attached hydrogens (tertiary/aromatic N) is 1. The molecule has 7 rings (SSSR count). The van der Waals surface area contributed by atoms with Crippen molar-refractivity contribution >= 4 is 40.2 Å². The summed E-state index contributed by atoms with van der Waals surface area (Å²) in [6, 6.07) is 55.5. The van der Waals surface area contributed by atoms with Crippen LogP contribution in [0.3, 0.4) is 0 Å². The Hall–Kier alpha value is -4.82. The van der Waals surface area contributed by atoms with Crippen LogP contribution in [0.25, 0.3) is 22.3 Å². The Morgan fingerprint density at radius 3 is 1.60 bits per heavy atom. The Bertz CT molecular complexity index is 1800. The molecule has 0 aromatic heterocycles. The molecule has 0 amide bonds. The summed E-state index contributed by atoms with van der Waals surface area (Å²) in [6.45, 7) is 6.97. The highest BCUT2D eigenvalue weighted by Crippen LogP contribution is 2.38. The van der Waals surface area contributed by atoms with Crippen molar-refractivity contribution in [1.29, 1.82) is 0 Å². The van der Waals surface area contributed by atoms with Crippen molar-refractivity contribution in [3.8, 4) is 22.3 Å². The molecule has 0 atom stereocenters. The third-order valence-corrected chi connectivity index (χ3v) is 8.51. The fourth-order valence-electron chi connectivity index (χ4n) is 6.47. The first-order valence-corrected chi connectivity index (χ1v) is 14.8. The minimum atomic E-state index is 0.0231. The second-order valence-electron chi connectivity index (χ2n) is 12.2. The zero-order valence-electron chi connectivity index (χ0n) is 24.5. The summed E-state index contributed by atoms with van der Waals surface area (Å²) in [5, 5.41) is 0. The van der Waals surface area contributed by atoms with Gasteiger partial charge < -0.3 is 4.90 Å². The number of benzene rings is 6. The average molecular weight is 540 g/mol. The average Bonchev–Trinajstić information content (AvgIpc) is 3.04. The van der Waals surface area contributed by atoms with E-state index in [1.807, 2.05) is 0 Å². The molecule has 0 bridgehead atoms. The van der Waals surface area contributed by atoms with Crippen LogP contribution >= 0.6 is 0 Å². The summed E-state index contributed by atoms with van der Waals surface area (Å²) < 4.78 is 0. The number of anilines is 3. The first-order chi connectivity index (χ1) is 20.5. The van der Waals surface area contributed by atoms with E-state index >= 15 is 0 Å². The topological polar surface area (TPSA) is 3.24 Å². The minimum absolute atomic E-state index is 0.0231. The SMILES string of the molecule is CC(C)(C)c1ccc2c(c1)B(c1c(-c3ccccc3)cccc1-c1ccccc1)c1ccccc1N2c1ccccc1. The van der Waals surface area contributed by atoms with E-state index in [9.17, 15) is 0 Å². The Labute approximate surface area is 250 Å². The molecule has 42 heavy (non-hydrogen) atoms. The van der Waals surface area contributed by atoms with Gasteiger partial charge in [0, 0.05) is 17.1 Å². The van der Waals surface area contributed by atoms with E-state index in [0.717, 1.165) is 0 Å². The van der Waals surface area contributed by atoms with Crippen LogP contribution in [-0.4, -0.2) is 6.71 Å². The summed E-state index contributed by atoms with van der Waals surface area (Å²) in [4.78, 5) is 2.45. The molecule has 0 spiro atoms. The fourth-order valence-corrected chi connectivity index (χ4v) is 6.47. The molecule has 0 N–H and O–H groups in total. The van der Waals surface area contributed by atoms with Crippen molar-refractivity contribution in [3.05, 3.63) is 157 Å².